The van der Waals surface area contributed by atoms with E-state index in [1.165, 1.54) is 120 Å². The Kier molecular flexibility index (Phi) is 8.72. The van der Waals surface area contributed by atoms with Gasteiger partial charge in [0, 0.05) is 59.3 Å². The van der Waals surface area contributed by atoms with Gasteiger partial charge in [-0.15, -0.1) is 0 Å². The molecule has 0 amide bonds. The molecule has 0 saturated heterocycles. The van der Waals surface area contributed by atoms with E-state index in [0.29, 0.717) is 0 Å². The monoisotopic (exact) mass is 913 g/mol. The number of fused-ring (bicyclic) bond motifs is 12. The Morgan fingerprint density at radius 2 is 1.01 bits per heavy atom. The summed E-state index contributed by atoms with van der Waals surface area (Å²) in [5.74, 6) is 0. The number of nitrogens with zero attached hydrogens (tertiary/aromatic N) is 3. The first-order chi connectivity index (χ1) is 32.8. The molecule has 8 aromatic carbocycles. The number of benzene rings is 8. The largest absolute Gasteiger partial charge is 0.310 e. The molecule has 0 saturated carbocycles. The minimum Gasteiger partial charge on any atom is -0.310 e. The zero-order chi connectivity index (χ0) is 47.8. The first kappa shape index (κ1) is 42.7. The van der Waals surface area contributed by atoms with E-state index in [-0.39, 0.29) is 28.4 Å². The molecule has 2 aromatic heterocycles. The third-order valence-corrected chi connectivity index (χ3v) is 17.1. The molecule has 0 fully saturated rings. The lowest BCUT2D eigenvalue weighted by Gasteiger charge is -2.42. The maximum absolute atomic E-state index is 2.65. The van der Waals surface area contributed by atoms with Gasteiger partial charge in [0.05, 0.1) is 27.9 Å². The van der Waals surface area contributed by atoms with E-state index in [9.17, 15) is 0 Å². The van der Waals surface area contributed by atoms with Gasteiger partial charge in [-0.25, -0.2) is 0 Å². The topological polar surface area (TPSA) is 13.1 Å². The molecular weight excluding hydrogens is 854 g/mol. The van der Waals surface area contributed by atoms with Crippen LogP contribution in [0.4, 0.5) is 17.1 Å². The molecule has 0 spiro atoms. The molecule has 3 nitrogen and oxygen atoms in total. The molecule has 5 heterocycles. The summed E-state index contributed by atoms with van der Waals surface area (Å²) in [5, 5.41) is 5.33. The Morgan fingerprint density at radius 1 is 0.449 bits per heavy atom. The third-order valence-electron chi connectivity index (χ3n) is 16.0. The van der Waals surface area contributed by atoms with Gasteiger partial charge in [0.25, 0.3) is 0 Å². The van der Waals surface area contributed by atoms with Crippen molar-refractivity contribution in [2.24, 2.45) is 0 Å². The number of hydrogen-bond donors (Lipinski definition) is 0. The first-order valence-electron chi connectivity index (χ1n) is 25.0. The highest BCUT2D eigenvalue weighted by Gasteiger charge is 2.46. The summed E-state index contributed by atoms with van der Waals surface area (Å²) in [6.07, 6.45) is 0. The van der Waals surface area contributed by atoms with E-state index < -0.39 is 0 Å². The summed E-state index contributed by atoms with van der Waals surface area (Å²) >= 11 is 1.86. The van der Waals surface area contributed by atoms with Crippen LogP contribution in [-0.2, 0) is 21.7 Å². The molecule has 0 aliphatic carbocycles. The van der Waals surface area contributed by atoms with E-state index in [2.05, 4.69) is 243 Å². The molecular formula is C64H60BN3S. The third kappa shape index (κ3) is 6.08. The van der Waals surface area contributed by atoms with Crippen LogP contribution >= 0.6 is 11.8 Å². The molecule has 3 aliphatic rings. The summed E-state index contributed by atoms with van der Waals surface area (Å²) in [5.41, 5.74) is 23.5. The first-order valence-corrected chi connectivity index (χ1v) is 25.8. The lowest BCUT2D eigenvalue weighted by atomic mass is 9.30. The summed E-state index contributed by atoms with van der Waals surface area (Å²) < 4.78 is 5.21. The van der Waals surface area contributed by atoms with Crippen molar-refractivity contribution < 1.29 is 0 Å². The highest BCUT2D eigenvalue weighted by Crippen LogP contribution is 2.52. The van der Waals surface area contributed by atoms with Gasteiger partial charge < -0.3 is 14.0 Å². The van der Waals surface area contributed by atoms with Gasteiger partial charge in [-0.05, 0) is 152 Å². The van der Waals surface area contributed by atoms with Crippen LogP contribution in [0.25, 0.3) is 55.0 Å². The summed E-state index contributed by atoms with van der Waals surface area (Å²) in [7, 11) is 0. The van der Waals surface area contributed by atoms with Gasteiger partial charge in [0.2, 0.25) is 6.71 Å². The Morgan fingerprint density at radius 3 is 1.65 bits per heavy atom. The fraction of sp³-hybridized carbons (Fsp3) is 0.250. The second kappa shape index (κ2) is 14.1. The average Bonchev–Trinajstić information content (AvgIpc) is 3.81. The van der Waals surface area contributed by atoms with Crippen LogP contribution < -0.4 is 21.3 Å². The summed E-state index contributed by atoms with van der Waals surface area (Å²) in [6.45, 7) is 28.5. The molecule has 0 atom stereocenters. The smallest absolute Gasteiger partial charge is 0.247 e. The van der Waals surface area contributed by atoms with Crippen molar-refractivity contribution in [3.63, 3.8) is 0 Å². The van der Waals surface area contributed by atoms with Gasteiger partial charge in [-0.3, -0.25) is 0 Å². The zero-order valence-electron chi connectivity index (χ0n) is 42.2. The van der Waals surface area contributed by atoms with Crippen molar-refractivity contribution in [3.8, 4) is 11.4 Å². The Bertz CT molecular complexity index is 3830. The predicted molar refractivity (Wildman–Crippen MR) is 298 cm³/mol. The van der Waals surface area contributed by atoms with Crippen LogP contribution in [-0.4, -0.2) is 15.8 Å². The molecule has 0 N–H and O–H groups in total. The Hall–Kier alpha value is -6.43. The van der Waals surface area contributed by atoms with Gasteiger partial charge in [-0.1, -0.05) is 154 Å². The second-order valence-electron chi connectivity index (χ2n) is 24.0. The molecule has 340 valence electrons. The van der Waals surface area contributed by atoms with Crippen molar-refractivity contribution in [1.82, 2.24) is 9.13 Å². The van der Waals surface area contributed by atoms with Crippen LogP contribution in [0.3, 0.4) is 0 Å². The number of hydrogen-bond acceptors (Lipinski definition) is 2. The van der Waals surface area contributed by atoms with Gasteiger partial charge in [0.15, 0.2) is 0 Å². The summed E-state index contributed by atoms with van der Waals surface area (Å²) in [6, 6.07) is 56.8. The van der Waals surface area contributed by atoms with Crippen molar-refractivity contribution >= 4 is 95.5 Å². The van der Waals surface area contributed by atoms with Crippen LogP contribution in [0.1, 0.15) is 110 Å². The molecule has 10 aromatic rings. The zero-order valence-corrected chi connectivity index (χ0v) is 43.0. The van der Waals surface area contributed by atoms with Crippen LogP contribution in [0.2, 0.25) is 0 Å². The quantitative estimate of drug-likeness (QED) is 0.160. The van der Waals surface area contributed by atoms with E-state index in [1.807, 2.05) is 11.8 Å². The lowest BCUT2D eigenvalue weighted by Crippen LogP contribution is -2.63. The molecule has 13 rings (SSSR count). The number of aryl methyl sites for hydroxylation is 1. The van der Waals surface area contributed by atoms with Gasteiger partial charge in [0.1, 0.15) is 0 Å². The highest BCUT2D eigenvalue weighted by atomic mass is 32.2. The molecule has 0 radical (unpaired) electrons. The minimum absolute atomic E-state index is 0.0138. The van der Waals surface area contributed by atoms with Crippen LogP contribution in [0, 0.1) is 6.92 Å². The number of anilines is 3. The Balaban J connectivity index is 1.12. The van der Waals surface area contributed by atoms with E-state index in [4.69, 9.17) is 0 Å². The van der Waals surface area contributed by atoms with E-state index in [1.54, 1.807) is 0 Å². The van der Waals surface area contributed by atoms with Crippen molar-refractivity contribution in [1.29, 1.82) is 0 Å². The number of rotatable bonds is 2. The fourth-order valence-corrected chi connectivity index (χ4v) is 13.4. The number of aromatic nitrogens is 2. The minimum atomic E-state index is -0.282. The molecule has 0 unspecified atom stereocenters. The Labute approximate surface area is 412 Å². The van der Waals surface area contributed by atoms with Crippen molar-refractivity contribution in [2.45, 2.75) is 115 Å². The van der Waals surface area contributed by atoms with Crippen LogP contribution in [0.15, 0.2) is 155 Å². The lowest BCUT2D eigenvalue weighted by molar-refractivity contribution is 0.590. The fourth-order valence-electron chi connectivity index (χ4n) is 12.3. The van der Waals surface area contributed by atoms with Crippen LogP contribution in [0.5, 0.6) is 0 Å². The summed E-state index contributed by atoms with van der Waals surface area (Å²) in [4.78, 5) is 4.99. The maximum Gasteiger partial charge on any atom is 0.247 e. The molecule has 69 heavy (non-hydrogen) atoms. The second-order valence-corrected chi connectivity index (χ2v) is 25.1. The standard InChI is InChI=1S/C64H60BN3S/c1-37-28-48-59-56(29-37)68-52-27-25-39(62(5,6)7)31-44(52)46-32-40(63(8,9)10)33-50(60(46)68)65(59)49-35-45-43-30-38(61(2,3)4)24-26-51(43)66(55(45)36-47(49)64(48,11)12)41-18-17-19-42(34-41)67-53-20-13-15-22-57(53)69-58-23-16-14-21-54(58)67/h13-36H,1-12H3. The predicted octanol–water partition coefficient (Wildman–Crippen LogP) is 15.5. The van der Waals surface area contributed by atoms with Gasteiger partial charge in [-0.2, -0.15) is 0 Å². The molecule has 5 heteroatoms. The van der Waals surface area contributed by atoms with E-state index in [0.717, 1.165) is 11.4 Å². The van der Waals surface area contributed by atoms with Gasteiger partial charge >= 0.3 is 0 Å². The van der Waals surface area contributed by atoms with Crippen molar-refractivity contribution in [2.75, 3.05) is 4.90 Å². The van der Waals surface area contributed by atoms with E-state index >= 15 is 0 Å². The molecule has 3 aliphatic heterocycles. The normalized spacial score (nSPS) is 15.0. The van der Waals surface area contributed by atoms with Crippen molar-refractivity contribution in [3.05, 3.63) is 179 Å². The SMILES string of the molecule is Cc1cc2c3c(c1)C(C)(C)c1cc4c(cc1B3c1cc(C(C)(C)C)cc3c5cc(C(C)(C)C)ccc5n-2c13)c1cc(C(C)(C)C)ccc1n4-c1cccc(N2c3ccccc3Sc3ccccc32)c1. The maximum atomic E-state index is 2.65. The highest BCUT2D eigenvalue weighted by molar-refractivity contribution is 7.99. The average molecular weight is 914 g/mol. The number of para-hydroxylation sites is 2. The molecule has 0 bridgehead atoms.